The van der Waals surface area contributed by atoms with Gasteiger partial charge >= 0.3 is 11.9 Å². The Morgan fingerprint density at radius 1 is 0.750 bits per heavy atom. The van der Waals surface area contributed by atoms with Crippen LogP contribution in [0.3, 0.4) is 0 Å². The maximum Gasteiger partial charge on any atom is 0.305 e. The zero-order chi connectivity index (χ0) is 18.2. The van der Waals surface area contributed by atoms with Crippen LogP contribution >= 0.6 is 0 Å². The van der Waals surface area contributed by atoms with Crippen LogP contribution in [0.2, 0.25) is 0 Å². The molecule has 0 spiro atoms. The summed E-state index contributed by atoms with van der Waals surface area (Å²) in [5.74, 6) is -0.698. The molecule has 8 heteroatoms. The van der Waals surface area contributed by atoms with Crippen LogP contribution in [0.5, 0.6) is 0 Å². The van der Waals surface area contributed by atoms with Gasteiger partial charge in [0.25, 0.3) is 0 Å². The van der Waals surface area contributed by atoms with E-state index in [9.17, 15) is 19.8 Å². The van der Waals surface area contributed by atoms with Gasteiger partial charge in [0, 0.05) is 26.1 Å². The third-order valence-corrected chi connectivity index (χ3v) is 2.90. The molecule has 0 aliphatic heterocycles. The third kappa shape index (κ3) is 14.4. The highest BCUT2D eigenvalue weighted by Gasteiger charge is 2.08. The largest absolute Gasteiger partial charge is 0.463 e. The van der Waals surface area contributed by atoms with Crippen LogP contribution in [0, 0.1) is 0 Å². The van der Waals surface area contributed by atoms with E-state index in [2.05, 4.69) is 0 Å². The normalized spacial score (nSPS) is 13.3. The SMILES string of the molecule is CCC(=O)OCC(O)COCCCCOCC(O)COC(=O)CC. The standard InChI is InChI=1S/C16H30O8/c1-3-15(19)23-11-13(17)9-21-7-5-6-8-22-10-14(18)12-24-16(20)4-2/h13-14,17-18H,3-12H2,1-2H3. The second-order valence-corrected chi connectivity index (χ2v) is 5.24. The Labute approximate surface area is 143 Å². The molecule has 0 aliphatic carbocycles. The van der Waals surface area contributed by atoms with Gasteiger partial charge in [-0.3, -0.25) is 9.59 Å². The van der Waals surface area contributed by atoms with Gasteiger partial charge < -0.3 is 29.2 Å². The van der Waals surface area contributed by atoms with Crippen LogP contribution in [-0.2, 0) is 28.5 Å². The fraction of sp³-hybridized carbons (Fsp3) is 0.875. The number of aliphatic hydroxyl groups is 2. The molecule has 0 rings (SSSR count). The van der Waals surface area contributed by atoms with Gasteiger partial charge in [-0.05, 0) is 12.8 Å². The van der Waals surface area contributed by atoms with Crippen LogP contribution in [0.25, 0.3) is 0 Å². The van der Waals surface area contributed by atoms with E-state index in [0.717, 1.165) is 12.8 Å². The quantitative estimate of drug-likeness (QED) is 0.323. The second-order valence-electron chi connectivity index (χ2n) is 5.24. The van der Waals surface area contributed by atoms with Crippen molar-refractivity contribution in [3.8, 4) is 0 Å². The van der Waals surface area contributed by atoms with E-state index >= 15 is 0 Å². The lowest BCUT2D eigenvalue weighted by Crippen LogP contribution is -2.24. The predicted octanol–water partition coefficient (Wildman–Crippen LogP) is 0.428. The molecule has 0 heterocycles. The summed E-state index contributed by atoms with van der Waals surface area (Å²) in [6.07, 6.45) is 0.396. The monoisotopic (exact) mass is 350 g/mol. The molecule has 0 amide bonds. The smallest absolute Gasteiger partial charge is 0.305 e. The minimum atomic E-state index is -0.822. The summed E-state index contributed by atoms with van der Waals surface area (Å²) >= 11 is 0. The summed E-state index contributed by atoms with van der Waals surface area (Å²) in [6.45, 7) is 4.39. The molecular formula is C16H30O8. The molecule has 0 saturated carbocycles. The molecule has 142 valence electrons. The molecule has 24 heavy (non-hydrogen) atoms. The van der Waals surface area contributed by atoms with E-state index in [4.69, 9.17) is 18.9 Å². The number of carbonyl (C=O) groups excluding carboxylic acids is 2. The van der Waals surface area contributed by atoms with Crippen LogP contribution in [0.1, 0.15) is 39.5 Å². The molecule has 0 saturated heterocycles. The molecule has 0 aromatic rings. The minimum Gasteiger partial charge on any atom is -0.463 e. The van der Waals surface area contributed by atoms with Crippen molar-refractivity contribution in [3.63, 3.8) is 0 Å². The molecule has 0 aromatic heterocycles. The van der Waals surface area contributed by atoms with Crippen LogP contribution in [0.4, 0.5) is 0 Å². The lowest BCUT2D eigenvalue weighted by atomic mass is 10.3. The Kier molecular flexibility index (Phi) is 14.5. The molecule has 8 nitrogen and oxygen atoms in total. The van der Waals surface area contributed by atoms with Crippen molar-refractivity contribution in [3.05, 3.63) is 0 Å². The maximum absolute atomic E-state index is 10.9. The Hall–Kier alpha value is -1.22. The van der Waals surface area contributed by atoms with Gasteiger partial charge in [-0.1, -0.05) is 13.8 Å². The molecule has 0 aliphatic rings. The third-order valence-electron chi connectivity index (χ3n) is 2.90. The number of hydrogen-bond acceptors (Lipinski definition) is 8. The lowest BCUT2D eigenvalue weighted by molar-refractivity contribution is -0.148. The van der Waals surface area contributed by atoms with Gasteiger partial charge in [0.15, 0.2) is 0 Å². The van der Waals surface area contributed by atoms with Crippen LogP contribution in [-0.4, -0.2) is 74.0 Å². The molecule has 0 fully saturated rings. The number of carbonyl (C=O) groups is 2. The van der Waals surface area contributed by atoms with E-state index in [-0.39, 0.29) is 51.2 Å². The fourth-order valence-corrected chi connectivity index (χ4v) is 1.53. The molecule has 2 unspecified atom stereocenters. The van der Waals surface area contributed by atoms with Crippen LogP contribution in [0.15, 0.2) is 0 Å². The van der Waals surface area contributed by atoms with E-state index in [1.54, 1.807) is 13.8 Å². The van der Waals surface area contributed by atoms with Crippen molar-refractivity contribution < 1.29 is 38.7 Å². The first-order chi connectivity index (χ1) is 11.5. The zero-order valence-electron chi connectivity index (χ0n) is 14.6. The van der Waals surface area contributed by atoms with Crippen molar-refractivity contribution >= 4 is 11.9 Å². The van der Waals surface area contributed by atoms with Gasteiger partial charge in [-0.25, -0.2) is 0 Å². The van der Waals surface area contributed by atoms with E-state index in [0.29, 0.717) is 13.2 Å². The van der Waals surface area contributed by atoms with Crippen molar-refractivity contribution in [1.29, 1.82) is 0 Å². The van der Waals surface area contributed by atoms with Crippen molar-refractivity contribution in [2.75, 3.05) is 39.6 Å². The molecule has 2 atom stereocenters. The number of hydrogen-bond donors (Lipinski definition) is 2. The zero-order valence-corrected chi connectivity index (χ0v) is 14.6. The van der Waals surface area contributed by atoms with Gasteiger partial charge in [-0.2, -0.15) is 0 Å². The van der Waals surface area contributed by atoms with Gasteiger partial charge in [0.05, 0.1) is 13.2 Å². The summed E-state index contributed by atoms with van der Waals surface area (Å²) in [4.78, 5) is 21.8. The highest BCUT2D eigenvalue weighted by atomic mass is 16.6. The van der Waals surface area contributed by atoms with Gasteiger partial charge in [-0.15, -0.1) is 0 Å². The number of aliphatic hydroxyl groups excluding tert-OH is 2. The van der Waals surface area contributed by atoms with Gasteiger partial charge in [0.2, 0.25) is 0 Å². The number of ether oxygens (including phenoxy) is 4. The average Bonchev–Trinajstić information content (AvgIpc) is 2.59. The second kappa shape index (κ2) is 15.3. The Morgan fingerprint density at radius 2 is 1.12 bits per heavy atom. The maximum atomic E-state index is 10.9. The Balaban J connectivity index is 3.35. The summed E-state index contributed by atoms with van der Waals surface area (Å²) in [6, 6.07) is 0. The first kappa shape index (κ1) is 22.8. The minimum absolute atomic E-state index is 0.0592. The van der Waals surface area contributed by atoms with E-state index in [1.807, 2.05) is 0 Å². The van der Waals surface area contributed by atoms with E-state index in [1.165, 1.54) is 0 Å². The number of rotatable bonds is 15. The van der Waals surface area contributed by atoms with Gasteiger partial charge in [0.1, 0.15) is 25.4 Å². The summed E-state index contributed by atoms with van der Waals surface area (Å²) < 4.78 is 20.1. The summed E-state index contributed by atoms with van der Waals surface area (Å²) in [5, 5.41) is 19.0. The van der Waals surface area contributed by atoms with Crippen molar-refractivity contribution in [1.82, 2.24) is 0 Å². The molecule has 0 bridgehead atoms. The molecule has 0 radical (unpaired) electrons. The molecule has 2 N–H and O–H groups in total. The summed E-state index contributed by atoms with van der Waals surface area (Å²) in [7, 11) is 0. The lowest BCUT2D eigenvalue weighted by Gasteiger charge is -2.12. The van der Waals surface area contributed by atoms with Crippen molar-refractivity contribution in [2.24, 2.45) is 0 Å². The van der Waals surface area contributed by atoms with E-state index < -0.39 is 12.2 Å². The average molecular weight is 350 g/mol. The topological polar surface area (TPSA) is 112 Å². The fourth-order valence-electron chi connectivity index (χ4n) is 1.53. The van der Waals surface area contributed by atoms with Crippen molar-refractivity contribution in [2.45, 2.75) is 51.7 Å². The number of esters is 2. The Morgan fingerprint density at radius 3 is 1.46 bits per heavy atom. The molecule has 0 aromatic carbocycles. The Bertz CT molecular complexity index is 302. The number of unbranched alkanes of at least 4 members (excludes halogenated alkanes) is 1. The highest BCUT2D eigenvalue weighted by molar-refractivity contribution is 5.69. The summed E-state index contributed by atoms with van der Waals surface area (Å²) in [5.41, 5.74) is 0. The first-order valence-electron chi connectivity index (χ1n) is 8.32. The van der Waals surface area contributed by atoms with Crippen LogP contribution < -0.4 is 0 Å². The predicted molar refractivity (Wildman–Crippen MR) is 85.4 cm³/mol. The molecular weight excluding hydrogens is 320 g/mol. The highest BCUT2D eigenvalue weighted by Crippen LogP contribution is 1.97. The first-order valence-corrected chi connectivity index (χ1v) is 8.32.